The van der Waals surface area contributed by atoms with E-state index in [1.807, 2.05) is 0 Å². The number of para-hydroxylation sites is 1. The summed E-state index contributed by atoms with van der Waals surface area (Å²) in [5, 5.41) is 2.82. The van der Waals surface area contributed by atoms with Gasteiger partial charge in [0.05, 0.1) is 11.3 Å². The van der Waals surface area contributed by atoms with Crippen LogP contribution < -0.4 is 5.32 Å². The highest BCUT2D eigenvalue weighted by atomic mass is 16.7. The van der Waals surface area contributed by atoms with E-state index in [4.69, 9.17) is 14.2 Å². The molecule has 1 heterocycles. The molecule has 1 aliphatic heterocycles. The normalized spacial score (nSPS) is 19.7. The maximum Gasteiger partial charge on any atom is 0.350 e. The van der Waals surface area contributed by atoms with Crippen molar-refractivity contribution in [1.82, 2.24) is 0 Å². The van der Waals surface area contributed by atoms with Gasteiger partial charge in [-0.1, -0.05) is 18.6 Å². The fourth-order valence-electron chi connectivity index (χ4n) is 3.11. The molecule has 0 radical (unpaired) electrons. The number of cyclic esters (lactones) is 2. The summed E-state index contributed by atoms with van der Waals surface area (Å²) in [4.78, 5) is 36.5. The molecule has 1 aromatic rings. The van der Waals surface area contributed by atoms with Crippen molar-refractivity contribution in [2.75, 3.05) is 5.32 Å². The van der Waals surface area contributed by atoms with E-state index >= 15 is 0 Å². The molecule has 2 fully saturated rings. The third-order valence-electron chi connectivity index (χ3n) is 4.46. The number of carbonyl (C=O) groups excluding carboxylic acids is 3. The van der Waals surface area contributed by atoms with Gasteiger partial charge in [0.25, 0.3) is 5.79 Å². The summed E-state index contributed by atoms with van der Waals surface area (Å²) in [6.07, 6.45) is 6.16. The number of benzene rings is 1. The minimum absolute atomic E-state index is 0.0665. The summed E-state index contributed by atoms with van der Waals surface area (Å²) < 4.78 is 15.7. The maximum atomic E-state index is 12.5. The molecule has 0 aromatic heterocycles. The maximum absolute atomic E-state index is 12.5. The molecule has 0 amide bonds. The van der Waals surface area contributed by atoms with Crippen molar-refractivity contribution in [3.63, 3.8) is 0 Å². The van der Waals surface area contributed by atoms with Gasteiger partial charge >= 0.3 is 17.9 Å². The lowest BCUT2D eigenvalue weighted by Gasteiger charge is -2.29. The quantitative estimate of drug-likeness (QED) is 0.492. The number of esters is 3. The molecule has 1 N–H and O–H groups in total. The minimum Gasteiger partial charge on any atom is -0.459 e. The zero-order chi connectivity index (χ0) is 19.4. The molecule has 0 bridgehead atoms. The van der Waals surface area contributed by atoms with Gasteiger partial charge in [-0.05, 0) is 37.8 Å². The summed E-state index contributed by atoms with van der Waals surface area (Å²) in [6.45, 7) is 2.95. The molecular weight excluding hydrogens is 350 g/mol. The lowest BCUT2D eigenvalue weighted by molar-refractivity contribution is -0.222. The second-order valence-electron chi connectivity index (χ2n) is 7.09. The Labute approximate surface area is 157 Å². The molecule has 2 aliphatic rings. The van der Waals surface area contributed by atoms with Crippen molar-refractivity contribution in [1.29, 1.82) is 0 Å². The Hall–Kier alpha value is -2.83. The first-order valence-corrected chi connectivity index (χ1v) is 9.09. The van der Waals surface area contributed by atoms with Crippen LogP contribution in [0.3, 0.4) is 0 Å². The van der Waals surface area contributed by atoms with E-state index in [9.17, 15) is 14.4 Å². The highest BCUT2D eigenvalue weighted by Gasteiger charge is 2.39. The molecule has 7 heteroatoms. The van der Waals surface area contributed by atoms with E-state index in [0.29, 0.717) is 11.3 Å². The van der Waals surface area contributed by atoms with Gasteiger partial charge in [0.1, 0.15) is 6.10 Å². The number of nitrogens with one attached hydrogen (secondary N) is 1. The molecule has 1 saturated carbocycles. The monoisotopic (exact) mass is 373 g/mol. The Morgan fingerprint density at radius 1 is 1.11 bits per heavy atom. The largest absolute Gasteiger partial charge is 0.459 e. The molecule has 7 nitrogen and oxygen atoms in total. The van der Waals surface area contributed by atoms with Crippen molar-refractivity contribution in [3.8, 4) is 0 Å². The average Bonchev–Trinajstić information content (AvgIpc) is 2.61. The van der Waals surface area contributed by atoms with Gasteiger partial charge in [0.15, 0.2) is 5.57 Å². The number of hydrogen-bond donors (Lipinski definition) is 1. The fraction of sp³-hybridized carbons (Fsp3) is 0.450. The summed E-state index contributed by atoms with van der Waals surface area (Å²) in [7, 11) is 0. The number of ether oxygens (including phenoxy) is 3. The van der Waals surface area contributed by atoms with Gasteiger partial charge in [-0.3, -0.25) is 0 Å². The summed E-state index contributed by atoms with van der Waals surface area (Å²) in [5.74, 6) is -3.30. The molecule has 0 spiro atoms. The van der Waals surface area contributed by atoms with Crippen LogP contribution in [0, 0.1) is 0 Å². The van der Waals surface area contributed by atoms with Gasteiger partial charge in [0.2, 0.25) is 0 Å². The predicted molar refractivity (Wildman–Crippen MR) is 96.7 cm³/mol. The van der Waals surface area contributed by atoms with Crippen LogP contribution in [0.15, 0.2) is 36.0 Å². The van der Waals surface area contributed by atoms with Crippen LogP contribution in [0.5, 0.6) is 0 Å². The standard InChI is InChI=1S/C20H23NO6/c1-20(2)26-18(23)15(19(24)27-20)12-21-16-11-7-6-10-14(16)17(22)25-13-8-4-3-5-9-13/h6-7,10-13,21H,3-5,8-9H2,1-2H3. The lowest BCUT2D eigenvalue weighted by atomic mass is 9.98. The third kappa shape index (κ3) is 4.67. The molecule has 27 heavy (non-hydrogen) atoms. The Morgan fingerprint density at radius 3 is 2.41 bits per heavy atom. The first-order valence-electron chi connectivity index (χ1n) is 9.09. The van der Waals surface area contributed by atoms with Gasteiger partial charge in [-0.15, -0.1) is 0 Å². The highest BCUT2D eigenvalue weighted by Crippen LogP contribution is 2.25. The number of rotatable bonds is 4. The third-order valence-corrected chi connectivity index (χ3v) is 4.46. The second kappa shape index (κ2) is 7.82. The van der Waals surface area contributed by atoms with Crippen molar-refractivity contribution in [2.45, 2.75) is 57.8 Å². The van der Waals surface area contributed by atoms with Crippen LogP contribution in [0.1, 0.15) is 56.3 Å². The Kier molecular flexibility index (Phi) is 5.48. The van der Waals surface area contributed by atoms with E-state index in [2.05, 4.69) is 5.32 Å². The van der Waals surface area contributed by atoms with Crippen molar-refractivity contribution in [3.05, 3.63) is 41.6 Å². The highest BCUT2D eigenvalue weighted by molar-refractivity contribution is 6.15. The smallest absolute Gasteiger partial charge is 0.350 e. The van der Waals surface area contributed by atoms with Gasteiger partial charge in [0, 0.05) is 20.0 Å². The van der Waals surface area contributed by atoms with Gasteiger partial charge in [-0.2, -0.15) is 0 Å². The summed E-state index contributed by atoms with van der Waals surface area (Å²) in [6, 6.07) is 6.75. The molecule has 1 aliphatic carbocycles. The van der Waals surface area contributed by atoms with E-state index in [-0.39, 0.29) is 11.7 Å². The predicted octanol–water partition coefficient (Wildman–Crippen LogP) is 3.31. The average molecular weight is 373 g/mol. The van der Waals surface area contributed by atoms with E-state index in [0.717, 1.165) is 25.7 Å². The lowest BCUT2D eigenvalue weighted by Crippen LogP contribution is -2.42. The fourth-order valence-corrected chi connectivity index (χ4v) is 3.11. The zero-order valence-electron chi connectivity index (χ0n) is 15.4. The minimum atomic E-state index is -1.30. The number of hydrogen-bond acceptors (Lipinski definition) is 7. The van der Waals surface area contributed by atoms with Crippen LogP contribution in [-0.4, -0.2) is 29.8 Å². The number of carbonyl (C=O) groups is 3. The molecular formula is C20H23NO6. The Morgan fingerprint density at radius 2 is 1.74 bits per heavy atom. The first-order chi connectivity index (χ1) is 12.9. The van der Waals surface area contributed by atoms with Gasteiger partial charge in [-0.25, -0.2) is 14.4 Å². The topological polar surface area (TPSA) is 90.9 Å². The van der Waals surface area contributed by atoms with E-state index in [1.54, 1.807) is 24.3 Å². The molecule has 3 rings (SSSR count). The van der Waals surface area contributed by atoms with Crippen molar-refractivity contribution in [2.24, 2.45) is 0 Å². The van der Waals surface area contributed by atoms with Crippen LogP contribution in [0.4, 0.5) is 5.69 Å². The van der Waals surface area contributed by atoms with E-state index < -0.39 is 23.7 Å². The van der Waals surface area contributed by atoms with Crippen molar-refractivity contribution < 1.29 is 28.6 Å². The molecule has 144 valence electrons. The first kappa shape index (κ1) is 18.9. The van der Waals surface area contributed by atoms with Crippen LogP contribution in [-0.2, 0) is 23.8 Å². The molecule has 1 aromatic carbocycles. The number of anilines is 1. The zero-order valence-corrected chi connectivity index (χ0v) is 15.4. The summed E-state index contributed by atoms with van der Waals surface area (Å²) >= 11 is 0. The SMILES string of the molecule is CC1(C)OC(=O)C(=CNc2ccccc2C(=O)OC2CCCCC2)C(=O)O1. The van der Waals surface area contributed by atoms with Crippen LogP contribution in [0.25, 0.3) is 0 Å². The van der Waals surface area contributed by atoms with E-state index in [1.165, 1.54) is 26.5 Å². The Balaban J connectivity index is 1.73. The Bertz CT molecular complexity index is 754. The molecule has 1 saturated heterocycles. The van der Waals surface area contributed by atoms with Crippen LogP contribution >= 0.6 is 0 Å². The second-order valence-corrected chi connectivity index (χ2v) is 7.09. The molecule has 0 unspecified atom stereocenters. The summed E-state index contributed by atoms with van der Waals surface area (Å²) in [5.41, 5.74) is 0.485. The van der Waals surface area contributed by atoms with Crippen LogP contribution in [0.2, 0.25) is 0 Å². The molecule has 0 atom stereocenters. The van der Waals surface area contributed by atoms with Crippen molar-refractivity contribution >= 4 is 23.6 Å². The van der Waals surface area contributed by atoms with Gasteiger partial charge < -0.3 is 19.5 Å².